The Morgan fingerprint density at radius 3 is 2.75 bits per heavy atom. The van der Waals surface area contributed by atoms with E-state index in [1.165, 1.54) is 7.11 Å². The summed E-state index contributed by atoms with van der Waals surface area (Å²) in [5, 5.41) is 4.79. The van der Waals surface area contributed by atoms with E-state index in [4.69, 9.17) is 16.3 Å². The van der Waals surface area contributed by atoms with Crippen molar-refractivity contribution in [1.82, 2.24) is 9.78 Å². The molecular weight excluding hydrogens is 344 g/mol. The molecule has 2 rings (SSSR count). The van der Waals surface area contributed by atoms with Gasteiger partial charge in [-0.05, 0) is 41.1 Å². The van der Waals surface area contributed by atoms with Crippen molar-refractivity contribution >= 4 is 33.3 Å². The molecule has 6 heteroatoms. The molecule has 0 N–H and O–H groups in total. The lowest BCUT2D eigenvalue weighted by Crippen LogP contribution is -2.09. The summed E-state index contributed by atoms with van der Waals surface area (Å²) >= 11 is 9.41. The van der Waals surface area contributed by atoms with Crippen LogP contribution in [-0.2, 0) is 13.5 Å². The fraction of sp³-hybridized carbons (Fsp3) is 0.286. The largest absolute Gasteiger partial charge is 0.496 e. The topological polar surface area (TPSA) is 44.1 Å². The van der Waals surface area contributed by atoms with Crippen LogP contribution in [0.2, 0.25) is 5.02 Å². The van der Waals surface area contributed by atoms with Crippen molar-refractivity contribution in [3.05, 3.63) is 44.6 Å². The maximum absolute atomic E-state index is 12.5. The maximum atomic E-state index is 12.5. The van der Waals surface area contributed by atoms with Crippen molar-refractivity contribution in [3.8, 4) is 5.75 Å². The van der Waals surface area contributed by atoms with Gasteiger partial charge >= 0.3 is 0 Å². The van der Waals surface area contributed by atoms with Gasteiger partial charge in [0.05, 0.1) is 35.0 Å². The second-order valence-electron chi connectivity index (χ2n) is 4.41. The summed E-state index contributed by atoms with van der Waals surface area (Å²) in [6.07, 6.45) is 0.231. The highest BCUT2D eigenvalue weighted by molar-refractivity contribution is 9.10. The number of nitrogens with zero attached hydrogens (tertiary/aromatic N) is 2. The third-order valence-electron chi connectivity index (χ3n) is 3.05. The van der Waals surface area contributed by atoms with Gasteiger partial charge in [0.15, 0.2) is 5.78 Å². The quantitative estimate of drug-likeness (QED) is 0.786. The summed E-state index contributed by atoms with van der Waals surface area (Å²) in [5.74, 6) is 0.461. The molecule has 1 aromatic heterocycles. The van der Waals surface area contributed by atoms with Crippen LogP contribution in [0.3, 0.4) is 0 Å². The van der Waals surface area contributed by atoms with Crippen LogP contribution < -0.4 is 4.74 Å². The van der Waals surface area contributed by atoms with Crippen molar-refractivity contribution in [1.29, 1.82) is 0 Å². The van der Waals surface area contributed by atoms with E-state index in [-0.39, 0.29) is 12.2 Å². The molecule has 0 spiro atoms. The highest BCUT2D eigenvalue weighted by Gasteiger charge is 2.18. The average Bonchev–Trinajstić information content (AvgIpc) is 2.65. The molecule has 0 aliphatic heterocycles. The Hall–Kier alpha value is -1.33. The minimum Gasteiger partial charge on any atom is -0.496 e. The lowest BCUT2D eigenvalue weighted by molar-refractivity contribution is 0.0987. The van der Waals surface area contributed by atoms with E-state index in [0.29, 0.717) is 16.3 Å². The Bertz CT molecular complexity index is 667. The zero-order valence-electron chi connectivity index (χ0n) is 11.4. The van der Waals surface area contributed by atoms with Crippen LogP contribution in [0.5, 0.6) is 5.75 Å². The van der Waals surface area contributed by atoms with E-state index in [2.05, 4.69) is 21.0 Å². The molecule has 0 fully saturated rings. The zero-order valence-corrected chi connectivity index (χ0v) is 13.7. The molecule has 4 nitrogen and oxygen atoms in total. The van der Waals surface area contributed by atoms with E-state index in [9.17, 15) is 4.79 Å². The summed E-state index contributed by atoms with van der Waals surface area (Å²) in [5.41, 5.74) is 2.16. The van der Waals surface area contributed by atoms with Crippen molar-refractivity contribution in [2.75, 3.05) is 7.11 Å². The molecule has 20 heavy (non-hydrogen) atoms. The number of aryl methyl sites for hydroxylation is 2. The molecule has 1 heterocycles. The first-order valence-corrected chi connectivity index (χ1v) is 7.15. The molecule has 0 atom stereocenters. The number of hydrogen-bond donors (Lipinski definition) is 0. The fourth-order valence-electron chi connectivity index (χ4n) is 2.02. The summed E-state index contributed by atoms with van der Waals surface area (Å²) < 4.78 is 7.77. The number of rotatable bonds is 4. The van der Waals surface area contributed by atoms with Crippen molar-refractivity contribution in [3.63, 3.8) is 0 Å². The van der Waals surface area contributed by atoms with Gasteiger partial charge < -0.3 is 4.74 Å². The third kappa shape index (κ3) is 2.88. The SMILES string of the molecule is COc1ccc(Cl)cc1C(=O)Cc1c(Br)c(C)nn1C. The van der Waals surface area contributed by atoms with E-state index in [1.807, 2.05) is 14.0 Å². The maximum Gasteiger partial charge on any atom is 0.172 e. The van der Waals surface area contributed by atoms with Gasteiger partial charge in [0.25, 0.3) is 0 Å². The standard InChI is InChI=1S/C14H14BrClN2O2/c1-8-14(15)11(18(2)17-8)7-12(19)10-6-9(16)4-5-13(10)20-3/h4-6H,7H2,1-3H3. The van der Waals surface area contributed by atoms with E-state index in [1.54, 1.807) is 22.9 Å². The molecule has 0 unspecified atom stereocenters. The first kappa shape index (κ1) is 15.1. The smallest absolute Gasteiger partial charge is 0.172 e. The van der Waals surface area contributed by atoms with Gasteiger partial charge in [0, 0.05) is 12.1 Å². The lowest BCUT2D eigenvalue weighted by atomic mass is 10.1. The minimum absolute atomic E-state index is 0.0620. The number of ether oxygens (including phenoxy) is 1. The van der Waals surface area contributed by atoms with Gasteiger partial charge in [-0.1, -0.05) is 11.6 Å². The van der Waals surface area contributed by atoms with Crippen molar-refractivity contribution in [2.45, 2.75) is 13.3 Å². The second-order valence-corrected chi connectivity index (χ2v) is 5.64. The molecule has 0 saturated carbocycles. The van der Waals surface area contributed by atoms with E-state index < -0.39 is 0 Å². The number of aromatic nitrogens is 2. The molecule has 0 aliphatic rings. The number of hydrogen-bond acceptors (Lipinski definition) is 3. The Kier molecular flexibility index (Phi) is 4.50. The van der Waals surface area contributed by atoms with Gasteiger partial charge in [-0.15, -0.1) is 0 Å². The molecule has 2 aromatic rings. The number of halogens is 2. The van der Waals surface area contributed by atoms with E-state index in [0.717, 1.165) is 15.9 Å². The molecule has 0 bridgehead atoms. The number of Topliss-reactive ketones (excluding diaryl/α,β-unsaturated/α-hetero) is 1. The van der Waals surface area contributed by atoms with Crippen LogP contribution in [-0.4, -0.2) is 22.7 Å². The molecule has 0 saturated heterocycles. The highest BCUT2D eigenvalue weighted by Crippen LogP contribution is 2.26. The second kappa shape index (κ2) is 5.97. The highest BCUT2D eigenvalue weighted by atomic mass is 79.9. The van der Waals surface area contributed by atoms with Gasteiger partial charge in [-0.2, -0.15) is 5.10 Å². The zero-order chi connectivity index (χ0) is 14.9. The van der Waals surface area contributed by atoms with Crippen LogP contribution >= 0.6 is 27.5 Å². The Morgan fingerprint density at radius 1 is 1.50 bits per heavy atom. The first-order chi connectivity index (χ1) is 9.43. The Balaban J connectivity index is 2.35. The monoisotopic (exact) mass is 356 g/mol. The van der Waals surface area contributed by atoms with Crippen LogP contribution in [0.25, 0.3) is 0 Å². The van der Waals surface area contributed by atoms with Crippen molar-refractivity contribution in [2.24, 2.45) is 7.05 Å². The van der Waals surface area contributed by atoms with Gasteiger partial charge in [0.1, 0.15) is 5.75 Å². The number of ketones is 1. The summed E-state index contributed by atoms with van der Waals surface area (Å²) in [4.78, 5) is 12.5. The summed E-state index contributed by atoms with van der Waals surface area (Å²) in [6, 6.07) is 5.01. The number of carbonyl (C=O) groups excluding carboxylic acids is 1. The molecule has 0 aliphatic carbocycles. The lowest BCUT2D eigenvalue weighted by Gasteiger charge is -2.08. The molecular formula is C14H14BrClN2O2. The van der Waals surface area contributed by atoms with Gasteiger partial charge in [0.2, 0.25) is 0 Å². The molecule has 0 amide bonds. The predicted molar refractivity (Wildman–Crippen MR) is 81.7 cm³/mol. The molecule has 1 aromatic carbocycles. The van der Waals surface area contributed by atoms with Gasteiger partial charge in [-0.25, -0.2) is 0 Å². The Labute approximate surface area is 130 Å². The predicted octanol–water partition coefficient (Wildman–Crippen LogP) is 3.58. The third-order valence-corrected chi connectivity index (χ3v) is 4.32. The normalized spacial score (nSPS) is 10.7. The van der Waals surface area contributed by atoms with Crippen molar-refractivity contribution < 1.29 is 9.53 Å². The summed E-state index contributed by atoms with van der Waals surface area (Å²) in [6.45, 7) is 1.89. The van der Waals surface area contributed by atoms with Gasteiger partial charge in [-0.3, -0.25) is 9.48 Å². The first-order valence-electron chi connectivity index (χ1n) is 5.98. The molecule has 106 valence electrons. The van der Waals surface area contributed by atoms with Crippen LogP contribution in [0, 0.1) is 6.92 Å². The fourth-order valence-corrected chi connectivity index (χ4v) is 2.67. The average molecular weight is 358 g/mol. The van der Waals surface area contributed by atoms with E-state index >= 15 is 0 Å². The van der Waals surface area contributed by atoms with Crippen LogP contribution in [0.15, 0.2) is 22.7 Å². The van der Waals surface area contributed by atoms with Crippen LogP contribution in [0.4, 0.5) is 0 Å². The summed E-state index contributed by atoms with van der Waals surface area (Å²) in [7, 11) is 3.35. The minimum atomic E-state index is -0.0620. The number of benzene rings is 1. The number of methoxy groups -OCH3 is 1. The Morgan fingerprint density at radius 2 is 2.20 bits per heavy atom. The molecule has 0 radical (unpaired) electrons. The van der Waals surface area contributed by atoms with Crippen LogP contribution in [0.1, 0.15) is 21.7 Å². The number of carbonyl (C=O) groups is 1.